The molecule has 0 atom stereocenters. The Hall–Kier alpha value is -3.31. The molecule has 1 saturated carbocycles. The van der Waals surface area contributed by atoms with Crippen molar-refractivity contribution in [2.45, 2.75) is 45.6 Å². The van der Waals surface area contributed by atoms with Crippen molar-refractivity contribution in [2.75, 3.05) is 6.61 Å². The van der Waals surface area contributed by atoms with E-state index < -0.39 is 4.92 Å². The monoisotopic (exact) mass is 502 g/mol. The average Bonchev–Trinajstić information content (AvgIpc) is 3.50. The predicted molar refractivity (Wildman–Crippen MR) is 125 cm³/mol. The summed E-state index contributed by atoms with van der Waals surface area (Å²) in [6.07, 6.45) is 5.52. The number of halogens is 2. The Morgan fingerprint density at radius 2 is 2.00 bits per heavy atom. The first-order chi connectivity index (χ1) is 16.3. The van der Waals surface area contributed by atoms with Crippen LogP contribution in [-0.2, 0) is 6.54 Å². The van der Waals surface area contributed by atoms with Gasteiger partial charge in [0.1, 0.15) is 5.69 Å². The Morgan fingerprint density at radius 3 is 2.74 bits per heavy atom. The summed E-state index contributed by atoms with van der Waals surface area (Å²) in [6, 6.07) is 1.92. The molecule has 0 radical (unpaired) electrons. The molecular weight excluding hydrogens is 483 g/mol. The first-order valence-electron chi connectivity index (χ1n) is 10.7. The van der Waals surface area contributed by atoms with Crippen LogP contribution in [0.1, 0.15) is 42.1 Å². The van der Waals surface area contributed by atoms with E-state index in [1.165, 1.54) is 6.20 Å². The average molecular weight is 503 g/mol. The minimum Gasteiger partial charge on any atom is -0.472 e. The molecule has 4 aromatic heterocycles. The number of rotatable bonds is 8. The molecule has 34 heavy (non-hydrogen) atoms. The van der Waals surface area contributed by atoms with Crippen LogP contribution in [0.5, 0.6) is 5.88 Å². The van der Waals surface area contributed by atoms with Crippen molar-refractivity contribution >= 4 is 39.9 Å². The van der Waals surface area contributed by atoms with E-state index in [2.05, 4.69) is 25.1 Å². The van der Waals surface area contributed by atoms with Crippen LogP contribution >= 0.6 is 23.2 Å². The summed E-state index contributed by atoms with van der Waals surface area (Å²) in [5.74, 6) is 0.0775. The van der Waals surface area contributed by atoms with Crippen molar-refractivity contribution in [3.8, 4) is 11.6 Å². The van der Waals surface area contributed by atoms with Gasteiger partial charge in [-0.25, -0.2) is 14.3 Å². The van der Waals surface area contributed by atoms with Gasteiger partial charge in [-0.05, 0) is 49.9 Å². The molecule has 4 aromatic rings. The Labute approximate surface area is 203 Å². The van der Waals surface area contributed by atoms with Crippen molar-refractivity contribution in [1.82, 2.24) is 34.5 Å². The smallest absolute Gasteiger partial charge is 0.354 e. The fraction of sp³-hybridized carbons (Fsp3) is 0.381. The van der Waals surface area contributed by atoms with Crippen LogP contribution in [0.3, 0.4) is 0 Å². The highest BCUT2D eigenvalue weighted by Gasteiger charge is 2.40. The van der Waals surface area contributed by atoms with Crippen molar-refractivity contribution in [2.24, 2.45) is 0 Å². The molecule has 0 aromatic carbocycles. The second-order valence-corrected chi connectivity index (χ2v) is 8.89. The molecule has 0 unspecified atom stereocenters. The van der Waals surface area contributed by atoms with Gasteiger partial charge in [0, 0.05) is 31.3 Å². The van der Waals surface area contributed by atoms with Gasteiger partial charge in [-0.2, -0.15) is 10.1 Å². The molecule has 0 saturated heterocycles. The lowest BCUT2D eigenvalue weighted by atomic mass is 10.2. The van der Waals surface area contributed by atoms with Crippen LogP contribution < -0.4 is 4.74 Å². The lowest BCUT2D eigenvalue weighted by Gasteiger charge is -2.09. The second-order valence-electron chi connectivity index (χ2n) is 8.19. The molecule has 0 amide bonds. The molecule has 5 rings (SSSR count). The maximum Gasteiger partial charge on any atom is 0.354 e. The zero-order valence-corrected chi connectivity index (χ0v) is 19.9. The number of ether oxygens (including phenoxy) is 1. The molecular formula is C21H20Cl2N8O3. The molecule has 176 valence electrons. The van der Waals surface area contributed by atoms with Crippen LogP contribution in [-0.4, -0.2) is 46.0 Å². The quantitative estimate of drug-likeness (QED) is 0.148. The molecule has 4 heterocycles. The van der Waals surface area contributed by atoms with Crippen LogP contribution in [0.25, 0.3) is 16.7 Å². The summed E-state index contributed by atoms with van der Waals surface area (Å²) in [4.78, 5) is 24.1. The Morgan fingerprint density at radius 1 is 1.21 bits per heavy atom. The maximum atomic E-state index is 12.0. The molecule has 0 aliphatic heterocycles. The Bertz CT molecular complexity index is 1410. The van der Waals surface area contributed by atoms with Crippen LogP contribution in [0.4, 0.5) is 5.69 Å². The van der Waals surface area contributed by atoms with Gasteiger partial charge in [-0.3, -0.25) is 15.1 Å². The van der Waals surface area contributed by atoms with E-state index in [9.17, 15) is 10.1 Å². The summed E-state index contributed by atoms with van der Waals surface area (Å²) in [6.45, 7) is 4.38. The predicted octanol–water partition coefficient (Wildman–Crippen LogP) is 4.59. The number of aryl methyl sites for hydroxylation is 3. The number of hydrogen-bond donors (Lipinski definition) is 0. The number of hydrogen-bond acceptors (Lipinski definition) is 8. The van der Waals surface area contributed by atoms with E-state index in [1.54, 1.807) is 15.6 Å². The summed E-state index contributed by atoms with van der Waals surface area (Å²) >= 11 is 12.1. The van der Waals surface area contributed by atoms with Crippen LogP contribution in [0, 0.1) is 24.0 Å². The van der Waals surface area contributed by atoms with E-state index in [4.69, 9.17) is 27.9 Å². The number of pyridine rings is 1. The topological polar surface area (TPSA) is 127 Å². The van der Waals surface area contributed by atoms with E-state index in [0.29, 0.717) is 35.4 Å². The maximum absolute atomic E-state index is 12.0. The minimum atomic E-state index is -0.412. The van der Waals surface area contributed by atoms with Crippen molar-refractivity contribution in [1.29, 1.82) is 0 Å². The van der Waals surface area contributed by atoms with Crippen molar-refractivity contribution in [3.05, 3.63) is 56.0 Å². The van der Waals surface area contributed by atoms with Gasteiger partial charge < -0.3 is 4.74 Å². The summed E-state index contributed by atoms with van der Waals surface area (Å²) in [5, 5.41) is 21.7. The number of nitro groups is 1. The molecule has 0 N–H and O–H groups in total. The third-order valence-electron chi connectivity index (χ3n) is 5.60. The van der Waals surface area contributed by atoms with Crippen LogP contribution in [0.2, 0.25) is 10.4 Å². The molecule has 11 nitrogen and oxygen atoms in total. The van der Waals surface area contributed by atoms with Gasteiger partial charge >= 0.3 is 11.6 Å². The third-order valence-corrected chi connectivity index (χ3v) is 6.06. The molecule has 1 aliphatic rings. The number of aromatic nitrogens is 7. The van der Waals surface area contributed by atoms with E-state index in [1.807, 2.05) is 19.9 Å². The molecule has 13 heteroatoms. The SMILES string of the molecule is Cc1cnc(C)c(-n2nc(OCCCn3nc(Cl)c4cnc(Cl)nc43)c([N+](=O)[O-])c2C2CC2)c1. The van der Waals surface area contributed by atoms with E-state index >= 15 is 0 Å². The van der Waals surface area contributed by atoms with Gasteiger partial charge in [0.25, 0.3) is 0 Å². The molecule has 0 bridgehead atoms. The summed E-state index contributed by atoms with van der Waals surface area (Å²) in [5.41, 5.74) is 3.38. The van der Waals surface area contributed by atoms with Gasteiger partial charge in [-0.1, -0.05) is 11.6 Å². The standard InChI is InChI=1S/C21H20Cl2N8O3/c1-11-8-15(12(2)24-9-11)30-16(13-4-5-13)17(31(32)33)20(28-30)34-7-3-6-29-19-14(18(22)27-29)10-25-21(23)26-19/h8-10,13H,3-7H2,1-2H3. The zero-order valence-electron chi connectivity index (χ0n) is 18.4. The zero-order chi connectivity index (χ0) is 24.0. The van der Waals surface area contributed by atoms with Gasteiger partial charge in [0.2, 0.25) is 5.28 Å². The summed E-state index contributed by atoms with van der Waals surface area (Å²) < 4.78 is 9.06. The second kappa shape index (κ2) is 8.80. The van der Waals surface area contributed by atoms with Gasteiger partial charge in [0.05, 0.1) is 28.3 Å². The molecule has 1 fully saturated rings. The van der Waals surface area contributed by atoms with Gasteiger partial charge in [-0.15, -0.1) is 5.10 Å². The fourth-order valence-corrected chi connectivity index (χ4v) is 4.21. The highest BCUT2D eigenvalue weighted by atomic mass is 35.5. The highest BCUT2D eigenvalue weighted by Crippen LogP contribution is 2.48. The van der Waals surface area contributed by atoms with Crippen molar-refractivity contribution in [3.63, 3.8) is 0 Å². The Balaban J connectivity index is 1.40. The first-order valence-corrected chi connectivity index (χ1v) is 11.5. The van der Waals surface area contributed by atoms with Crippen LogP contribution in [0.15, 0.2) is 18.5 Å². The lowest BCUT2D eigenvalue weighted by Crippen LogP contribution is -2.08. The first kappa shape index (κ1) is 22.5. The minimum absolute atomic E-state index is 0.00142. The molecule has 1 aliphatic carbocycles. The fourth-order valence-electron chi connectivity index (χ4n) is 3.85. The normalized spacial score (nSPS) is 13.5. The van der Waals surface area contributed by atoms with E-state index in [0.717, 1.165) is 24.1 Å². The van der Waals surface area contributed by atoms with Crippen molar-refractivity contribution < 1.29 is 9.66 Å². The Kier molecular flexibility index (Phi) is 5.82. The van der Waals surface area contributed by atoms with Gasteiger partial charge in [0.15, 0.2) is 10.8 Å². The largest absolute Gasteiger partial charge is 0.472 e. The highest BCUT2D eigenvalue weighted by molar-refractivity contribution is 6.34. The molecule has 0 spiro atoms. The third kappa shape index (κ3) is 4.16. The summed E-state index contributed by atoms with van der Waals surface area (Å²) in [7, 11) is 0. The van der Waals surface area contributed by atoms with E-state index in [-0.39, 0.29) is 34.5 Å². The number of nitrogens with zero attached hydrogens (tertiary/aromatic N) is 8. The lowest BCUT2D eigenvalue weighted by molar-refractivity contribution is -0.386. The number of fused-ring (bicyclic) bond motifs is 1.